The molecule has 0 spiro atoms. The maximum Gasteiger partial charge on any atom is 0.103 e. The third-order valence-corrected chi connectivity index (χ3v) is 3.64. The van der Waals surface area contributed by atoms with Crippen LogP contribution >= 0.6 is 0 Å². The molecule has 1 aliphatic carbocycles. The SMILES string of the molecule is CCC[C@]1(C[C@@H](F)C(C)C)C=C(C)CC1. The van der Waals surface area contributed by atoms with Crippen LogP contribution < -0.4 is 0 Å². The predicted molar refractivity (Wildman–Crippen MR) is 64.7 cm³/mol. The Hall–Kier alpha value is -0.330. The van der Waals surface area contributed by atoms with Crippen LogP contribution in [0.3, 0.4) is 0 Å². The summed E-state index contributed by atoms with van der Waals surface area (Å²) in [7, 11) is 0. The van der Waals surface area contributed by atoms with E-state index in [0.29, 0.717) is 0 Å². The maximum absolute atomic E-state index is 13.8. The molecule has 0 aromatic rings. The summed E-state index contributed by atoms with van der Waals surface area (Å²) in [5.74, 6) is 0.160. The molecule has 0 radical (unpaired) electrons. The van der Waals surface area contributed by atoms with Crippen LogP contribution in [-0.2, 0) is 0 Å². The van der Waals surface area contributed by atoms with E-state index in [9.17, 15) is 4.39 Å². The molecule has 1 rings (SSSR count). The Morgan fingerprint density at radius 3 is 2.53 bits per heavy atom. The zero-order valence-corrected chi connectivity index (χ0v) is 10.6. The first kappa shape index (κ1) is 12.7. The number of hydrogen-bond donors (Lipinski definition) is 0. The van der Waals surface area contributed by atoms with E-state index < -0.39 is 6.17 Å². The van der Waals surface area contributed by atoms with Crippen LogP contribution in [0.2, 0.25) is 0 Å². The highest BCUT2D eigenvalue weighted by Crippen LogP contribution is 2.44. The Kier molecular flexibility index (Phi) is 4.36. The third kappa shape index (κ3) is 3.32. The highest BCUT2D eigenvalue weighted by molar-refractivity contribution is 5.15. The fourth-order valence-electron chi connectivity index (χ4n) is 2.70. The van der Waals surface area contributed by atoms with Crippen molar-refractivity contribution in [3.63, 3.8) is 0 Å². The lowest BCUT2D eigenvalue weighted by Crippen LogP contribution is -2.23. The van der Waals surface area contributed by atoms with Crippen molar-refractivity contribution in [2.45, 2.75) is 66.0 Å². The average Bonchev–Trinajstić information content (AvgIpc) is 2.48. The molecule has 15 heavy (non-hydrogen) atoms. The van der Waals surface area contributed by atoms with Crippen LogP contribution in [0.5, 0.6) is 0 Å². The van der Waals surface area contributed by atoms with E-state index in [4.69, 9.17) is 0 Å². The summed E-state index contributed by atoms with van der Waals surface area (Å²) in [6, 6.07) is 0. The molecule has 0 saturated carbocycles. The van der Waals surface area contributed by atoms with E-state index in [2.05, 4.69) is 19.9 Å². The van der Waals surface area contributed by atoms with Gasteiger partial charge in [0.1, 0.15) is 6.17 Å². The molecule has 0 nitrogen and oxygen atoms in total. The third-order valence-electron chi connectivity index (χ3n) is 3.64. The van der Waals surface area contributed by atoms with Crippen molar-refractivity contribution in [3.8, 4) is 0 Å². The van der Waals surface area contributed by atoms with Crippen molar-refractivity contribution in [2.24, 2.45) is 11.3 Å². The van der Waals surface area contributed by atoms with E-state index >= 15 is 0 Å². The first-order chi connectivity index (χ1) is 6.99. The molecular formula is C14H25F. The van der Waals surface area contributed by atoms with Gasteiger partial charge < -0.3 is 0 Å². The lowest BCUT2D eigenvalue weighted by atomic mass is 9.77. The van der Waals surface area contributed by atoms with Gasteiger partial charge in [0.05, 0.1) is 0 Å². The highest BCUT2D eigenvalue weighted by atomic mass is 19.1. The van der Waals surface area contributed by atoms with Gasteiger partial charge in [-0.2, -0.15) is 0 Å². The number of halogens is 1. The van der Waals surface area contributed by atoms with Crippen molar-refractivity contribution < 1.29 is 4.39 Å². The summed E-state index contributed by atoms with van der Waals surface area (Å²) >= 11 is 0. The second-order valence-electron chi connectivity index (χ2n) is 5.57. The largest absolute Gasteiger partial charge is 0.247 e. The van der Waals surface area contributed by atoms with E-state index in [1.165, 1.54) is 18.4 Å². The number of rotatable bonds is 5. The van der Waals surface area contributed by atoms with Crippen LogP contribution in [0, 0.1) is 11.3 Å². The summed E-state index contributed by atoms with van der Waals surface area (Å²) in [6.07, 6.45) is 7.09. The fraction of sp³-hybridized carbons (Fsp3) is 0.857. The number of hydrogen-bond acceptors (Lipinski definition) is 0. The van der Waals surface area contributed by atoms with Gasteiger partial charge in [-0.1, -0.05) is 38.8 Å². The van der Waals surface area contributed by atoms with E-state index in [1.807, 2.05) is 13.8 Å². The van der Waals surface area contributed by atoms with Gasteiger partial charge in [-0.3, -0.25) is 0 Å². The summed E-state index contributed by atoms with van der Waals surface area (Å²) in [4.78, 5) is 0. The molecule has 0 aliphatic heterocycles. The topological polar surface area (TPSA) is 0 Å². The standard InChI is InChI=1S/C14H25F/c1-5-7-14(8-6-12(4)9-14)10-13(15)11(2)3/h9,11,13H,5-8,10H2,1-4H3/t13-,14-/m1/s1. The highest BCUT2D eigenvalue weighted by Gasteiger charge is 2.34. The van der Waals surface area contributed by atoms with Gasteiger partial charge >= 0.3 is 0 Å². The Morgan fingerprint density at radius 1 is 1.47 bits per heavy atom. The average molecular weight is 212 g/mol. The molecule has 0 unspecified atom stereocenters. The van der Waals surface area contributed by atoms with E-state index in [-0.39, 0.29) is 11.3 Å². The van der Waals surface area contributed by atoms with Gasteiger partial charge in [0.25, 0.3) is 0 Å². The minimum atomic E-state index is -0.640. The van der Waals surface area contributed by atoms with Gasteiger partial charge in [-0.05, 0) is 43.9 Å². The zero-order chi connectivity index (χ0) is 11.5. The van der Waals surface area contributed by atoms with Crippen molar-refractivity contribution in [3.05, 3.63) is 11.6 Å². The second-order valence-corrected chi connectivity index (χ2v) is 5.57. The lowest BCUT2D eigenvalue weighted by molar-refractivity contribution is 0.162. The van der Waals surface area contributed by atoms with Gasteiger partial charge in [0, 0.05) is 0 Å². The quantitative estimate of drug-likeness (QED) is 0.569. The summed E-state index contributed by atoms with van der Waals surface area (Å²) in [5, 5.41) is 0. The monoisotopic (exact) mass is 212 g/mol. The predicted octanol–water partition coefficient (Wildman–Crippen LogP) is 4.90. The zero-order valence-electron chi connectivity index (χ0n) is 10.6. The first-order valence-corrected chi connectivity index (χ1v) is 6.31. The molecule has 0 aromatic carbocycles. The van der Waals surface area contributed by atoms with Crippen molar-refractivity contribution in [1.29, 1.82) is 0 Å². The smallest absolute Gasteiger partial charge is 0.103 e. The molecular weight excluding hydrogens is 187 g/mol. The minimum Gasteiger partial charge on any atom is -0.247 e. The first-order valence-electron chi connectivity index (χ1n) is 6.31. The summed E-state index contributed by atoms with van der Waals surface area (Å²) in [6.45, 7) is 8.34. The molecule has 0 amide bonds. The molecule has 1 aliphatic rings. The van der Waals surface area contributed by atoms with Crippen LogP contribution in [0.25, 0.3) is 0 Å². The molecule has 0 fully saturated rings. The number of allylic oxidation sites excluding steroid dienone is 2. The lowest BCUT2D eigenvalue weighted by Gasteiger charge is -2.30. The van der Waals surface area contributed by atoms with E-state index in [1.54, 1.807) is 0 Å². The Morgan fingerprint density at radius 2 is 2.13 bits per heavy atom. The van der Waals surface area contributed by atoms with Gasteiger partial charge in [-0.15, -0.1) is 0 Å². The molecule has 0 N–H and O–H groups in total. The van der Waals surface area contributed by atoms with Gasteiger partial charge in [-0.25, -0.2) is 4.39 Å². The van der Waals surface area contributed by atoms with Crippen molar-refractivity contribution >= 4 is 0 Å². The van der Waals surface area contributed by atoms with Crippen LogP contribution in [0.15, 0.2) is 11.6 Å². The molecule has 0 bridgehead atoms. The van der Waals surface area contributed by atoms with Crippen LogP contribution in [0.4, 0.5) is 4.39 Å². The second kappa shape index (κ2) is 5.14. The van der Waals surface area contributed by atoms with Crippen molar-refractivity contribution in [2.75, 3.05) is 0 Å². The molecule has 0 saturated heterocycles. The van der Waals surface area contributed by atoms with Crippen molar-refractivity contribution in [1.82, 2.24) is 0 Å². The maximum atomic E-state index is 13.8. The van der Waals surface area contributed by atoms with Crippen LogP contribution in [-0.4, -0.2) is 6.17 Å². The Balaban J connectivity index is 2.67. The molecule has 0 heterocycles. The van der Waals surface area contributed by atoms with Crippen LogP contribution in [0.1, 0.15) is 59.8 Å². The minimum absolute atomic E-state index is 0.160. The molecule has 1 heteroatoms. The molecule has 2 atom stereocenters. The molecule has 0 aromatic heterocycles. The normalized spacial score (nSPS) is 28.3. The Labute approximate surface area is 94.0 Å². The number of alkyl halides is 1. The fourth-order valence-corrected chi connectivity index (χ4v) is 2.70. The van der Waals surface area contributed by atoms with Gasteiger partial charge in [0.2, 0.25) is 0 Å². The van der Waals surface area contributed by atoms with Gasteiger partial charge in [0.15, 0.2) is 0 Å². The Bertz CT molecular complexity index is 229. The molecule has 88 valence electrons. The summed E-state index contributed by atoms with van der Waals surface area (Å²) in [5.41, 5.74) is 1.64. The van der Waals surface area contributed by atoms with E-state index in [0.717, 1.165) is 19.3 Å². The summed E-state index contributed by atoms with van der Waals surface area (Å²) < 4.78 is 13.8.